The Morgan fingerprint density at radius 3 is 2.78 bits per heavy atom. The lowest BCUT2D eigenvalue weighted by Crippen LogP contribution is -2.29. The van der Waals surface area contributed by atoms with E-state index in [0.29, 0.717) is 0 Å². The first-order chi connectivity index (χ1) is 4.20. The molecule has 2 nitrogen and oxygen atoms in total. The molecule has 0 unspecified atom stereocenters. The first-order valence-electron chi connectivity index (χ1n) is 3.12. The molecule has 0 aromatic carbocycles. The molecule has 1 aliphatic heterocycles. The SMILES string of the molecule is CC1=CC(=O)N(C)CC1. The number of likely N-dealkylation sites (N-methyl/N-ethyl adjacent to an activating group) is 1. The molecule has 0 atom stereocenters. The number of hydrogen-bond acceptors (Lipinski definition) is 1. The van der Waals surface area contributed by atoms with Crippen LogP contribution in [0.3, 0.4) is 0 Å². The van der Waals surface area contributed by atoms with Crippen LogP contribution in [0.25, 0.3) is 0 Å². The van der Waals surface area contributed by atoms with Gasteiger partial charge < -0.3 is 4.90 Å². The number of carbonyl (C=O) groups is 1. The van der Waals surface area contributed by atoms with E-state index < -0.39 is 0 Å². The molecule has 0 N–H and O–H groups in total. The van der Waals surface area contributed by atoms with E-state index in [1.807, 2.05) is 14.0 Å². The van der Waals surface area contributed by atoms with Gasteiger partial charge in [-0.1, -0.05) is 5.57 Å². The molecule has 0 aromatic heterocycles. The molecule has 0 fully saturated rings. The van der Waals surface area contributed by atoms with E-state index in [9.17, 15) is 4.79 Å². The quantitative estimate of drug-likeness (QED) is 0.469. The van der Waals surface area contributed by atoms with Gasteiger partial charge in [0.05, 0.1) is 0 Å². The van der Waals surface area contributed by atoms with Gasteiger partial charge in [-0.05, 0) is 13.3 Å². The molecule has 1 amide bonds. The van der Waals surface area contributed by atoms with Gasteiger partial charge in [-0.25, -0.2) is 0 Å². The van der Waals surface area contributed by atoms with Gasteiger partial charge in [-0.3, -0.25) is 4.79 Å². The van der Waals surface area contributed by atoms with Crippen molar-refractivity contribution >= 4 is 5.91 Å². The van der Waals surface area contributed by atoms with Gasteiger partial charge in [0.15, 0.2) is 0 Å². The lowest BCUT2D eigenvalue weighted by Gasteiger charge is -2.19. The third kappa shape index (κ3) is 1.31. The van der Waals surface area contributed by atoms with Gasteiger partial charge in [-0.15, -0.1) is 0 Å². The molecule has 9 heavy (non-hydrogen) atoms. The molecule has 0 bridgehead atoms. The fourth-order valence-electron chi connectivity index (χ4n) is 0.847. The third-order valence-electron chi connectivity index (χ3n) is 1.59. The summed E-state index contributed by atoms with van der Waals surface area (Å²) in [7, 11) is 1.82. The van der Waals surface area contributed by atoms with Crippen LogP contribution in [0.4, 0.5) is 0 Å². The highest BCUT2D eigenvalue weighted by Crippen LogP contribution is 2.07. The summed E-state index contributed by atoms with van der Waals surface area (Å²) in [5.41, 5.74) is 1.19. The topological polar surface area (TPSA) is 20.3 Å². The fourth-order valence-corrected chi connectivity index (χ4v) is 0.847. The predicted octanol–water partition coefficient (Wildman–Crippen LogP) is 0.795. The summed E-state index contributed by atoms with van der Waals surface area (Å²) in [4.78, 5) is 12.6. The van der Waals surface area contributed by atoms with Gasteiger partial charge in [0, 0.05) is 19.7 Å². The second-order valence-electron chi connectivity index (χ2n) is 2.50. The first kappa shape index (κ1) is 6.33. The normalized spacial score (nSPS) is 20.0. The summed E-state index contributed by atoms with van der Waals surface area (Å²) in [5, 5.41) is 0. The van der Waals surface area contributed by atoms with Crippen LogP contribution < -0.4 is 0 Å². The average molecular weight is 125 g/mol. The van der Waals surface area contributed by atoms with Crippen LogP contribution in [0.2, 0.25) is 0 Å². The van der Waals surface area contributed by atoms with E-state index in [-0.39, 0.29) is 5.91 Å². The highest BCUT2D eigenvalue weighted by molar-refractivity contribution is 5.88. The van der Waals surface area contributed by atoms with Gasteiger partial charge in [0.2, 0.25) is 5.91 Å². The van der Waals surface area contributed by atoms with Crippen LogP contribution in [0.5, 0.6) is 0 Å². The van der Waals surface area contributed by atoms with Gasteiger partial charge in [0.25, 0.3) is 0 Å². The minimum atomic E-state index is 0.138. The summed E-state index contributed by atoms with van der Waals surface area (Å²) in [6.45, 7) is 2.87. The van der Waals surface area contributed by atoms with Crippen molar-refractivity contribution in [3.05, 3.63) is 11.6 Å². The molecule has 1 rings (SSSR count). The summed E-state index contributed by atoms with van der Waals surface area (Å²) in [5.74, 6) is 0.138. The van der Waals surface area contributed by atoms with Gasteiger partial charge in [-0.2, -0.15) is 0 Å². The van der Waals surface area contributed by atoms with Crippen LogP contribution in [0.1, 0.15) is 13.3 Å². The maximum Gasteiger partial charge on any atom is 0.246 e. The van der Waals surface area contributed by atoms with E-state index >= 15 is 0 Å². The standard InChI is InChI=1S/C7H11NO/c1-6-3-4-8(2)7(9)5-6/h5H,3-4H2,1-2H3. The highest BCUT2D eigenvalue weighted by Gasteiger charge is 2.10. The van der Waals surface area contributed by atoms with E-state index in [4.69, 9.17) is 0 Å². The molecule has 0 spiro atoms. The second-order valence-corrected chi connectivity index (χ2v) is 2.50. The van der Waals surface area contributed by atoms with Crippen molar-refractivity contribution in [2.45, 2.75) is 13.3 Å². The zero-order valence-electron chi connectivity index (χ0n) is 5.85. The zero-order chi connectivity index (χ0) is 6.85. The zero-order valence-corrected chi connectivity index (χ0v) is 5.85. The predicted molar refractivity (Wildman–Crippen MR) is 36.0 cm³/mol. The minimum absolute atomic E-state index is 0.138. The Kier molecular flexibility index (Phi) is 1.56. The summed E-state index contributed by atoms with van der Waals surface area (Å²) < 4.78 is 0. The average Bonchev–Trinajstić information content (AvgIpc) is 1.80. The van der Waals surface area contributed by atoms with Crippen LogP contribution in [-0.2, 0) is 4.79 Å². The molecule has 0 radical (unpaired) electrons. The Morgan fingerprint density at radius 1 is 1.67 bits per heavy atom. The minimum Gasteiger partial charge on any atom is -0.342 e. The van der Waals surface area contributed by atoms with Crippen LogP contribution in [0.15, 0.2) is 11.6 Å². The molecule has 1 heterocycles. The summed E-state index contributed by atoms with van der Waals surface area (Å²) >= 11 is 0. The Bertz CT molecular complexity index is 160. The molecular weight excluding hydrogens is 114 g/mol. The van der Waals surface area contributed by atoms with Crippen molar-refractivity contribution in [3.8, 4) is 0 Å². The maximum absolute atomic E-state index is 10.9. The van der Waals surface area contributed by atoms with Crippen LogP contribution in [-0.4, -0.2) is 24.4 Å². The molecular formula is C7H11NO. The Hall–Kier alpha value is -0.790. The van der Waals surface area contributed by atoms with E-state index in [1.165, 1.54) is 5.57 Å². The van der Waals surface area contributed by atoms with E-state index in [1.54, 1.807) is 11.0 Å². The van der Waals surface area contributed by atoms with Gasteiger partial charge >= 0.3 is 0 Å². The van der Waals surface area contributed by atoms with Crippen molar-refractivity contribution in [2.24, 2.45) is 0 Å². The van der Waals surface area contributed by atoms with E-state index in [0.717, 1.165) is 13.0 Å². The second kappa shape index (κ2) is 2.21. The van der Waals surface area contributed by atoms with E-state index in [2.05, 4.69) is 0 Å². The monoisotopic (exact) mass is 125 g/mol. The number of nitrogens with zero attached hydrogens (tertiary/aromatic N) is 1. The molecule has 0 saturated heterocycles. The van der Waals surface area contributed by atoms with Gasteiger partial charge in [0.1, 0.15) is 0 Å². The van der Waals surface area contributed by atoms with Crippen molar-refractivity contribution in [3.63, 3.8) is 0 Å². The summed E-state index contributed by atoms with van der Waals surface area (Å²) in [6.07, 6.45) is 2.73. The number of hydrogen-bond donors (Lipinski definition) is 0. The molecule has 1 aliphatic rings. The Morgan fingerprint density at radius 2 is 2.33 bits per heavy atom. The first-order valence-corrected chi connectivity index (χ1v) is 3.12. The highest BCUT2D eigenvalue weighted by atomic mass is 16.2. The van der Waals surface area contributed by atoms with Crippen LogP contribution >= 0.6 is 0 Å². The molecule has 0 aromatic rings. The largest absolute Gasteiger partial charge is 0.342 e. The Labute approximate surface area is 55.2 Å². The third-order valence-corrected chi connectivity index (χ3v) is 1.59. The van der Waals surface area contributed by atoms with Crippen molar-refractivity contribution in [2.75, 3.05) is 13.6 Å². The van der Waals surface area contributed by atoms with Crippen molar-refractivity contribution in [1.82, 2.24) is 4.90 Å². The molecule has 2 heteroatoms. The lowest BCUT2D eigenvalue weighted by molar-refractivity contribution is -0.125. The molecule has 50 valence electrons. The van der Waals surface area contributed by atoms with Crippen molar-refractivity contribution < 1.29 is 4.79 Å². The van der Waals surface area contributed by atoms with Crippen LogP contribution in [0, 0.1) is 0 Å². The molecule has 0 saturated carbocycles. The summed E-state index contributed by atoms with van der Waals surface area (Å²) in [6, 6.07) is 0. The lowest BCUT2D eigenvalue weighted by atomic mass is 10.1. The molecule has 0 aliphatic carbocycles. The smallest absolute Gasteiger partial charge is 0.246 e. The number of carbonyl (C=O) groups excluding carboxylic acids is 1. The number of rotatable bonds is 0. The maximum atomic E-state index is 10.9. The Balaban J connectivity index is 2.70. The number of amides is 1. The van der Waals surface area contributed by atoms with Crippen molar-refractivity contribution in [1.29, 1.82) is 0 Å². The fraction of sp³-hybridized carbons (Fsp3) is 0.571.